The minimum Gasteiger partial charge on any atom is -0.431 e. The topological polar surface area (TPSA) is 79.4 Å². The van der Waals surface area contributed by atoms with Crippen LogP contribution in [0.2, 0.25) is 0 Å². The highest BCUT2D eigenvalue weighted by atomic mass is 19.4. The van der Waals surface area contributed by atoms with Crippen LogP contribution in [0.1, 0.15) is 30.1 Å². The van der Waals surface area contributed by atoms with Crippen LogP contribution in [-0.4, -0.2) is 47.9 Å². The Morgan fingerprint density at radius 3 is 2.56 bits per heavy atom. The van der Waals surface area contributed by atoms with Crippen LogP contribution in [-0.2, 0) is 10.9 Å². The number of nitrogens with zero attached hydrogens (tertiary/aromatic N) is 3. The molecule has 2 aliphatic heterocycles. The Balaban J connectivity index is 1.67. The zero-order valence-electron chi connectivity index (χ0n) is 17.5. The van der Waals surface area contributed by atoms with Crippen molar-refractivity contribution in [1.82, 2.24) is 15.3 Å². The highest BCUT2D eigenvalue weighted by Gasteiger charge is 2.49. The van der Waals surface area contributed by atoms with Gasteiger partial charge in [-0.2, -0.15) is 26.3 Å². The molecule has 7 nitrogen and oxygen atoms in total. The van der Waals surface area contributed by atoms with E-state index in [2.05, 4.69) is 25.3 Å². The molecule has 182 valence electrons. The van der Waals surface area contributed by atoms with Crippen LogP contribution in [0, 0.1) is 5.92 Å². The first-order chi connectivity index (χ1) is 16.0. The number of pyridine rings is 2. The van der Waals surface area contributed by atoms with Crippen LogP contribution in [0.4, 0.5) is 42.8 Å². The molecule has 2 aromatic heterocycles. The number of fused-ring (bicyclic) bond motifs is 1. The van der Waals surface area contributed by atoms with Gasteiger partial charge in [-0.05, 0) is 37.0 Å². The largest absolute Gasteiger partial charge is 0.431 e. The maximum Gasteiger partial charge on any atom is 0.430 e. The number of halogens is 6. The number of ether oxygens (including phenoxy) is 1. The molecule has 0 radical (unpaired) electrons. The van der Waals surface area contributed by atoms with Gasteiger partial charge in [-0.25, -0.2) is 14.8 Å². The summed E-state index contributed by atoms with van der Waals surface area (Å²) in [5, 5.41) is 5.32. The molecule has 1 aliphatic carbocycles. The third-order valence-electron chi connectivity index (χ3n) is 6.15. The summed E-state index contributed by atoms with van der Waals surface area (Å²) in [5.74, 6) is -0.0764. The third-order valence-corrected chi connectivity index (χ3v) is 6.15. The fraction of sp³-hybridized carbons (Fsp3) is 0.476. The van der Waals surface area contributed by atoms with E-state index in [1.54, 1.807) is 4.90 Å². The standard InChI is InChI=1S/C21H19F6N5O2/c22-20(23,24)11-7-13(30-15(8-11)32-6-5-28-9-14(32)10-1-2-10)12-3-4-29-18-16(12)17(21(25,26)27)34-19(33)31-18/h3-4,7-8,10,14,17,28H,1-2,5-6,9H2,(H,29,31,33)/t14-,17-/m0/s1. The van der Waals surface area contributed by atoms with Gasteiger partial charge in [0.1, 0.15) is 11.6 Å². The van der Waals surface area contributed by atoms with Gasteiger partial charge in [-0.15, -0.1) is 0 Å². The van der Waals surface area contributed by atoms with Crippen molar-refractivity contribution >= 4 is 17.7 Å². The lowest BCUT2D eigenvalue weighted by Gasteiger charge is -2.38. The van der Waals surface area contributed by atoms with Gasteiger partial charge >= 0.3 is 18.4 Å². The van der Waals surface area contributed by atoms with Crippen LogP contribution in [0.5, 0.6) is 0 Å². The smallest absolute Gasteiger partial charge is 0.430 e. The van der Waals surface area contributed by atoms with Crippen molar-refractivity contribution in [2.75, 3.05) is 29.9 Å². The fourth-order valence-electron chi connectivity index (χ4n) is 4.46. The number of alkyl halides is 6. The minimum absolute atomic E-state index is 0.0399. The lowest BCUT2D eigenvalue weighted by molar-refractivity contribution is -0.206. The molecule has 0 aromatic carbocycles. The maximum absolute atomic E-state index is 13.8. The number of amides is 1. The summed E-state index contributed by atoms with van der Waals surface area (Å²) in [6, 6.07) is 2.71. The van der Waals surface area contributed by atoms with Gasteiger partial charge in [0.15, 0.2) is 0 Å². The minimum atomic E-state index is -5.01. The molecule has 13 heteroatoms. The number of cyclic esters (lactones) is 1. The van der Waals surface area contributed by atoms with E-state index in [1.165, 1.54) is 0 Å². The molecule has 1 amide bonds. The van der Waals surface area contributed by atoms with Crippen molar-refractivity contribution < 1.29 is 35.9 Å². The van der Waals surface area contributed by atoms with Gasteiger partial charge in [-0.3, -0.25) is 5.32 Å². The van der Waals surface area contributed by atoms with Gasteiger partial charge in [0.2, 0.25) is 6.10 Å². The molecule has 0 spiro atoms. The molecule has 3 aliphatic rings. The normalized spacial score (nSPS) is 23.2. The van der Waals surface area contributed by atoms with E-state index in [9.17, 15) is 31.1 Å². The van der Waals surface area contributed by atoms with Crippen molar-refractivity contribution in [2.45, 2.75) is 37.3 Å². The number of anilines is 2. The zero-order valence-corrected chi connectivity index (χ0v) is 17.5. The highest BCUT2D eigenvalue weighted by Crippen LogP contribution is 2.46. The second-order valence-electron chi connectivity index (χ2n) is 8.47. The molecule has 5 rings (SSSR count). The Kier molecular flexibility index (Phi) is 5.34. The molecule has 34 heavy (non-hydrogen) atoms. The highest BCUT2D eigenvalue weighted by molar-refractivity contribution is 5.89. The molecule has 4 heterocycles. The van der Waals surface area contributed by atoms with Crippen LogP contribution < -0.4 is 15.5 Å². The SMILES string of the molecule is O=C1Nc2nccc(-c3cc(C(F)(F)F)cc(N4CCNC[C@H]4C4CC4)n3)c2[C@@H](C(F)(F)F)O1. The molecule has 2 N–H and O–H groups in total. The van der Waals surface area contributed by atoms with Gasteiger partial charge in [0.25, 0.3) is 0 Å². The van der Waals surface area contributed by atoms with Crippen molar-refractivity contribution in [3.8, 4) is 11.3 Å². The lowest BCUT2D eigenvalue weighted by atomic mass is 9.98. The summed E-state index contributed by atoms with van der Waals surface area (Å²) in [4.78, 5) is 21.6. The average molecular weight is 487 g/mol. The number of carbonyl (C=O) groups is 1. The Hall–Kier alpha value is -3.09. The molecule has 2 aromatic rings. The number of aromatic nitrogens is 2. The molecule has 2 atom stereocenters. The zero-order chi connectivity index (χ0) is 24.3. The first-order valence-corrected chi connectivity index (χ1v) is 10.6. The van der Waals surface area contributed by atoms with Crippen LogP contribution in [0.15, 0.2) is 24.4 Å². The fourth-order valence-corrected chi connectivity index (χ4v) is 4.46. The number of hydrogen-bond donors (Lipinski definition) is 2. The van der Waals surface area contributed by atoms with Crippen LogP contribution in [0.25, 0.3) is 11.3 Å². The predicted octanol–water partition coefficient (Wildman–Crippen LogP) is 4.52. The number of rotatable bonds is 3. The molecule has 1 saturated heterocycles. The average Bonchev–Trinajstić information content (AvgIpc) is 3.62. The van der Waals surface area contributed by atoms with Crippen molar-refractivity contribution in [3.05, 3.63) is 35.5 Å². The van der Waals surface area contributed by atoms with Gasteiger partial charge < -0.3 is 15.0 Å². The molecular weight excluding hydrogens is 468 g/mol. The van der Waals surface area contributed by atoms with E-state index in [4.69, 9.17) is 0 Å². The molecule has 0 unspecified atom stereocenters. The van der Waals surface area contributed by atoms with Gasteiger partial charge in [0, 0.05) is 37.4 Å². The van der Waals surface area contributed by atoms with Crippen molar-refractivity contribution in [3.63, 3.8) is 0 Å². The van der Waals surface area contributed by atoms with E-state index in [0.717, 1.165) is 31.2 Å². The summed E-state index contributed by atoms with van der Waals surface area (Å²) in [5.41, 5.74) is -2.19. The summed E-state index contributed by atoms with van der Waals surface area (Å²) >= 11 is 0. The second kappa shape index (κ2) is 8.00. The number of piperazine rings is 1. The third kappa shape index (κ3) is 4.24. The van der Waals surface area contributed by atoms with Crippen LogP contribution >= 0.6 is 0 Å². The van der Waals surface area contributed by atoms with Gasteiger partial charge in [0.05, 0.1) is 16.8 Å². The Labute approximate surface area is 189 Å². The second-order valence-corrected chi connectivity index (χ2v) is 8.47. The first kappa shape index (κ1) is 22.7. The number of hydrogen-bond acceptors (Lipinski definition) is 6. The molecule has 0 bridgehead atoms. The van der Waals surface area contributed by atoms with E-state index in [1.807, 2.05) is 0 Å². The quantitative estimate of drug-likeness (QED) is 0.621. The Morgan fingerprint density at radius 1 is 1.12 bits per heavy atom. The monoisotopic (exact) mass is 487 g/mol. The summed E-state index contributed by atoms with van der Waals surface area (Å²) in [7, 11) is 0. The first-order valence-electron chi connectivity index (χ1n) is 10.6. The van der Waals surface area contributed by atoms with E-state index in [0.29, 0.717) is 31.6 Å². The summed E-state index contributed by atoms with van der Waals surface area (Å²) in [6.45, 7) is 1.53. The maximum atomic E-state index is 13.8. The van der Waals surface area contributed by atoms with E-state index >= 15 is 0 Å². The Bertz CT molecular complexity index is 1120. The molecular formula is C21H19F6N5O2. The summed E-state index contributed by atoms with van der Waals surface area (Å²) in [6.07, 6.45) is -10.8. The van der Waals surface area contributed by atoms with Crippen molar-refractivity contribution in [1.29, 1.82) is 0 Å². The van der Waals surface area contributed by atoms with Crippen molar-refractivity contribution in [2.24, 2.45) is 5.92 Å². The van der Waals surface area contributed by atoms with Gasteiger partial charge in [-0.1, -0.05) is 0 Å². The Morgan fingerprint density at radius 2 is 1.88 bits per heavy atom. The molecule has 2 fully saturated rings. The van der Waals surface area contributed by atoms with E-state index in [-0.39, 0.29) is 23.1 Å². The summed E-state index contributed by atoms with van der Waals surface area (Å²) < 4.78 is 87.1. The van der Waals surface area contributed by atoms with E-state index < -0.39 is 41.5 Å². The number of carbonyl (C=O) groups excluding carboxylic acids is 1. The lowest BCUT2D eigenvalue weighted by Crippen LogP contribution is -2.52. The molecule has 1 saturated carbocycles. The number of nitrogens with one attached hydrogen (secondary N) is 2. The van der Waals surface area contributed by atoms with Crippen LogP contribution in [0.3, 0.4) is 0 Å². The predicted molar refractivity (Wildman–Crippen MR) is 108 cm³/mol.